The molecule has 2 N–H and O–H groups in total. The number of benzene rings is 1. The van der Waals surface area contributed by atoms with Gasteiger partial charge in [0.1, 0.15) is 11.5 Å². The molecule has 1 aromatic rings. The van der Waals surface area contributed by atoms with Crippen molar-refractivity contribution in [3.8, 4) is 11.5 Å². The molecule has 0 aliphatic rings. The number of rotatable bonds is 4. The number of carbonyl (C=O) groups excluding carboxylic acids is 1. The molecule has 0 radical (unpaired) electrons. The van der Waals surface area contributed by atoms with Crippen LogP contribution < -0.4 is 20.1 Å². The predicted octanol–water partition coefficient (Wildman–Crippen LogP) is 1.63. The first-order chi connectivity index (χ1) is 8.84. The zero-order chi connectivity index (χ0) is 14.7. The van der Waals surface area contributed by atoms with Gasteiger partial charge >= 0.3 is 0 Å². The smallest absolute Gasteiger partial charge is 0.243 e. The lowest BCUT2D eigenvalue weighted by molar-refractivity contribution is -0.119. The third kappa shape index (κ3) is 2.81. The van der Waals surface area contributed by atoms with Crippen molar-refractivity contribution in [2.45, 2.75) is 26.8 Å². The lowest BCUT2D eigenvalue weighted by Crippen LogP contribution is -2.40. The standard InChI is InChI=1S/C14H22N2O3/c1-8-9(2)13(19-6)11(7-12(8)18-5)16(4)14(17)10(3)15/h7,10H,15H2,1-6H3. The number of anilines is 1. The predicted molar refractivity (Wildman–Crippen MR) is 76.1 cm³/mol. The van der Waals surface area contributed by atoms with Gasteiger partial charge in [-0.25, -0.2) is 0 Å². The van der Waals surface area contributed by atoms with E-state index in [2.05, 4.69) is 0 Å². The highest BCUT2D eigenvalue weighted by Crippen LogP contribution is 2.38. The third-order valence-electron chi connectivity index (χ3n) is 3.28. The topological polar surface area (TPSA) is 64.8 Å². The molecule has 1 unspecified atom stereocenters. The van der Waals surface area contributed by atoms with Gasteiger partial charge in [-0.05, 0) is 31.9 Å². The van der Waals surface area contributed by atoms with E-state index < -0.39 is 6.04 Å². The molecule has 106 valence electrons. The van der Waals surface area contributed by atoms with Crippen molar-refractivity contribution >= 4 is 11.6 Å². The number of methoxy groups -OCH3 is 2. The molecule has 5 nitrogen and oxygen atoms in total. The highest BCUT2D eigenvalue weighted by molar-refractivity contribution is 5.98. The number of nitrogens with two attached hydrogens (primary N) is 1. The van der Waals surface area contributed by atoms with E-state index in [1.807, 2.05) is 13.8 Å². The van der Waals surface area contributed by atoms with E-state index in [1.165, 1.54) is 4.90 Å². The van der Waals surface area contributed by atoms with Crippen molar-refractivity contribution in [3.05, 3.63) is 17.2 Å². The molecule has 0 spiro atoms. The molecule has 0 heterocycles. The first-order valence-electron chi connectivity index (χ1n) is 6.10. The van der Waals surface area contributed by atoms with Crippen LogP contribution >= 0.6 is 0 Å². The largest absolute Gasteiger partial charge is 0.496 e. The first kappa shape index (κ1) is 15.3. The molecule has 0 bridgehead atoms. The summed E-state index contributed by atoms with van der Waals surface area (Å²) in [6, 6.07) is 1.23. The summed E-state index contributed by atoms with van der Waals surface area (Å²) in [5.41, 5.74) is 8.23. The summed E-state index contributed by atoms with van der Waals surface area (Å²) >= 11 is 0. The van der Waals surface area contributed by atoms with Gasteiger partial charge in [0.2, 0.25) is 5.91 Å². The van der Waals surface area contributed by atoms with Crippen LogP contribution in [0.15, 0.2) is 6.07 Å². The van der Waals surface area contributed by atoms with Crippen molar-refractivity contribution in [3.63, 3.8) is 0 Å². The molecule has 0 saturated carbocycles. The summed E-state index contributed by atoms with van der Waals surface area (Å²) in [6.07, 6.45) is 0. The Bertz CT molecular complexity index is 484. The van der Waals surface area contributed by atoms with Gasteiger partial charge in [-0.1, -0.05) is 0 Å². The summed E-state index contributed by atoms with van der Waals surface area (Å²) < 4.78 is 10.7. The Morgan fingerprint density at radius 3 is 2.26 bits per heavy atom. The normalized spacial score (nSPS) is 11.9. The Morgan fingerprint density at radius 2 is 1.84 bits per heavy atom. The van der Waals surface area contributed by atoms with Crippen molar-refractivity contribution in [2.75, 3.05) is 26.2 Å². The molecule has 1 aromatic carbocycles. The van der Waals surface area contributed by atoms with Crippen LogP contribution in [0.3, 0.4) is 0 Å². The molecule has 0 saturated heterocycles. The minimum Gasteiger partial charge on any atom is -0.496 e. The van der Waals surface area contributed by atoms with Crippen LogP contribution in [0.25, 0.3) is 0 Å². The molecule has 0 aliphatic heterocycles. The minimum absolute atomic E-state index is 0.177. The molecule has 19 heavy (non-hydrogen) atoms. The van der Waals surface area contributed by atoms with Gasteiger partial charge in [-0.3, -0.25) is 4.79 Å². The van der Waals surface area contributed by atoms with E-state index in [9.17, 15) is 4.79 Å². The Labute approximate surface area is 114 Å². The van der Waals surface area contributed by atoms with Crippen LogP contribution in [0, 0.1) is 13.8 Å². The average molecular weight is 266 g/mol. The quantitative estimate of drug-likeness (QED) is 0.899. The van der Waals surface area contributed by atoms with Crippen molar-refractivity contribution in [1.82, 2.24) is 0 Å². The Hall–Kier alpha value is -1.75. The summed E-state index contributed by atoms with van der Waals surface area (Å²) in [5, 5.41) is 0. The molecule has 0 aliphatic carbocycles. The second-order valence-corrected chi connectivity index (χ2v) is 4.57. The molecular weight excluding hydrogens is 244 g/mol. The number of amides is 1. The van der Waals surface area contributed by atoms with Crippen LogP contribution in [0.2, 0.25) is 0 Å². The monoisotopic (exact) mass is 266 g/mol. The number of carbonyl (C=O) groups is 1. The summed E-state index contributed by atoms with van der Waals surface area (Å²) in [6.45, 7) is 5.54. The van der Waals surface area contributed by atoms with E-state index in [1.54, 1.807) is 34.3 Å². The fourth-order valence-electron chi connectivity index (χ4n) is 1.99. The zero-order valence-corrected chi connectivity index (χ0v) is 12.4. The van der Waals surface area contributed by atoms with Gasteiger partial charge < -0.3 is 20.1 Å². The summed E-state index contributed by atoms with van der Waals surface area (Å²) in [4.78, 5) is 13.5. The van der Waals surface area contributed by atoms with Crippen molar-refractivity contribution in [2.24, 2.45) is 5.73 Å². The van der Waals surface area contributed by atoms with E-state index in [0.29, 0.717) is 11.4 Å². The Balaban J connectivity index is 3.41. The Kier molecular flexibility index (Phi) is 4.78. The third-order valence-corrected chi connectivity index (χ3v) is 3.28. The van der Waals surface area contributed by atoms with Crippen LogP contribution in [0.4, 0.5) is 5.69 Å². The number of ether oxygens (including phenoxy) is 2. The molecule has 0 aromatic heterocycles. The maximum absolute atomic E-state index is 12.0. The van der Waals surface area contributed by atoms with Crippen LogP contribution in [-0.4, -0.2) is 33.2 Å². The number of nitrogens with zero attached hydrogens (tertiary/aromatic N) is 1. The SMILES string of the molecule is COc1cc(N(C)C(=O)C(C)N)c(OC)c(C)c1C. The fourth-order valence-corrected chi connectivity index (χ4v) is 1.99. The fraction of sp³-hybridized carbons (Fsp3) is 0.500. The van der Waals surface area contributed by atoms with Gasteiger partial charge in [0, 0.05) is 13.1 Å². The van der Waals surface area contributed by atoms with Gasteiger partial charge in [-0.15, -0.1) is 0 Å². The summed E-state index contributed by atoms with van der Waals surface area (Å²) in [5.74, 6) is 1.20. The van der Waals surface area contributed by atoms with E-state index in [4.69, 9.17) is 15.2 Å². The molecule has 1 amide bonds. The maximum Gasteiger partial charge on any atom is 0.243 e. The lowest BCUT2D eigenvalue weighted by Gasteiger charge is -2.24. The average Bonchev–Trinajstić information content (AvgIpc) is 2.39. The lowest BCUT2D eigenvalue weighted by atomic mass is 10.1. The van der Waals surface area contributed by atoms with Crippen LogP contribution in [-0.2, 0) is 4.79 Å². The van der Waals surface area contributed by atoms with Crippen LogP contribution in [0.5, 0.6) is 11.5 Å². The number of hydrogen-bond acceptors (Lipinski definition) is 4. The van der Waals surface area contributed by atoms with Gasteiger partial charge in [0.25, 0.3) is 0 Å². The van der Waals surface area contributed by atoms with Gasteiger partial charge in [0.05, 0.1) is 25.9 Å². The van der Waals surface area contributed by atoms with E-state index >= 15 is 0 Å². The van der Waals surface area contributed by atoms with Gasteiger partial charge in [0.15, 0.2) is 0 Å². The van der Waals surface area contributed by atoms with Crippen molar-refractivity contribution in [1.29, 1.82) is 0 Å². The molecule has 0 fully saturated rings. The van der Waals surface area contributed by atoms with E-state index in [-0.39, 0.29) is 5.91 Å². The highest BCUT2D eigenvalue weighted by Gasteiger charge is 2.22. The van der Waals surface area contributed by atoms with Gasteiger partial charge in [-0.2, -0.15) is 0 Å². The Morgan fingerprint density at radius 1 is 1.26 bits per heavy atom. The molecule has 5 heteroatoms. The number of likely N-dealkylation sites (N-methyl/N-ethyl adjacent to an activating group) is 1. The summed E-state index contributed by atoms with van der Waals surface area (Å²) in [7, 11) is 4.87. The molecule has 1 atom stereocenters. The molecular formula is C14H22N2O3. The second-order valence-electron chi connectivity index (χ2n) is 4.57. The maximum atomic E-state index is 12.0. The zero-order valence-electron chi connectivity index (χ0n) is 12.4. The highest BCUT2D eigenvalue weighted by atomic mass is 16.5. The number of hydrogen-bond donors (Lipinski definition) is 1. The van der Waals surface area contributed by atoms with Crippen LogP contribution in [0.1, 0.15) is 18.1 Å². The molecule has 1 rings (SSSR count). The van der Waals surface area contributed by atoms with E-state index in [0.717, 1.165) is 16.9 Å². The second kappa shape index (κ2) is 5.93. The minimum atomic E-state index is -0.567. The van der Waals surface area contributed by atoms with Crippen molar-refractivity contribution < 1.29 is 14.3 Å². The first-order valence-corrected chi connectivity index (χ1v) is 6.10.